The van der Waals surface area contributed by atoms with Gasteiger partial charge in [-0.25, -0.2) is 0 Å². The number of carbonyl (C=O) groups is 1. The van der Waals surface area contributed by atoms with Crippen molar-refractivity contribution in [3.8, 4) is 16.8 Å². The molecule has 0 radical (unpaired) electrons. The summed E-state index contributed by atoms with van der Waals surface area (Å²) in [6, 6.07) is 22.3. The molecule has 0 aliphatic rings. The first-order valence-electron chi connectivity index (χ1n) is 9.97. The summed E-state index contributed by atoms with van der Waals surface area (Å²) in [6.07, 6.45) is 7.40. The van der Waals surface area contributed by atoms with Gasteiger partial charge in [0, 0.05) is 29.0 Å². The number of benzene rings is 2. The Morgan fingerprint density at radius 3 is 2.38 bits per heavy atom. The fraction of sp³-hybridized carbons (Fsp3) is 0.160. The maximum absolute atomic E-state index is 13.1. The number of aromatic nitrogens is 1. The Balaban J connectivity index is 1.63. The van der Waals surface area contributed by atoms with Crippen LogP contribution in [0.3, 0.4) is 0 Å². The van der Waals surface area contributed by atoms with Crippen molar-refractivity contribution in [3.63, 3.8) is 0 Å². The average molecular weight is 401 g/mol. The van der Waals surface area contributed by atoms with Gasteiger partial charge in [-0.15, -0.1) is 11.3 Å². The van der Waals surface area contributed by atoms with Crippen molar-refractivity contribution in [2.75, 3.05) is 5.32 Å². The van der Waals surface area contributed by atoms with Crippen molar-refractivity contribution in [3.05, 3.63) is 94.9 Å². The molecule has 4 heteroatoms. The Morgan fingerprint density at radius 1 is 0.966 bits per heavy atom. The van der Waals surface area contributed by atoms with Gasteiger partial charge in [0.15, 0.2) is 0 Å². The minimum absolute atomic E-state index is 0.0813. The van der Waals surface area contributed by atoms with Crippen molar-refractivity contribution in [2.45, 2.75) is 26.2 Å². The number of amides is 1. The van der Waals surface area contributed by atoms with Crippen molar-refractivity contribution < 1.29 is 4.79 Å². The number of unbranched alkanes of at least 4 members (excludes halogenated alkanes) is 1. The van der Waals surface area contributed by atoms with Crippen LogP contribution in [0.25, 0.3) is 16.8 Å². The summed E-state index contributed by atoms with van der Waals surface area (Å²) in [6.45, 7) is 2.20. The van der Waals surface area contributed by atoms with Crippen LogP contribution in [0, 0.1) is 0 Å². The van der Waals surface area contributed by atoms with Crippen molar-refractivity contribution >= 4 is 22.9 Å². The highest BCUT2D eigenvalue weighted by Crippen LogP contribution is 2.35. The lowest BCUT2D eigenvalue weighted by Gasteiger charge is -2.10. The highest BCUT2D eigenvalue weighted by molar-refractivity contribution is 7.13. The number of carbonyl (C=O) groups excluding carboxylic acids is 1. The smallest absolute Gasteiger partial charge is 0.267 e. The minimum atomic E-state index is -0.0813. The fourth-order valence-corrected chi connectivity index (χ4v) is 4.37. The zero-order valence-corrected chi connectivity index (χ0v) is 17.3. The number of anilines is 1. The van der Waals surface area contributed by atoms with Crippen LogP contribution in [0.5, 0.6) is 0 Å². The summed E-state index contributed by atoms with van der Waals surface area (Å²) >= 11 is 1.48. The average Bonchev–Trinajstić information content (AvgIpc) is 3.43. The highest BCUT2D eigenvalue weighted by atomic mass is 32.1. The second-order valence-corrected chi connectivity index (χ2v) is 7.92. The van der Waals surface area contributed by atoms with E-state index in [-0.39, 0.29) is 5.91 Å². The predicted molar refractivity (Wildman–Crippen MR) is 122 cm³/mol. The second kappa shape index (κ2) is 8.93. The molecule has 2 aromatic heterocycles. The number of nitrogens with zero attached hydrogens (tertiary/aromatic N) is 1. The zero-order chi connectivity index (χ0) is 20.1. The topological polar surface area (TPSA) is 34.0 Å². The van der Waals surface area contributed by atoms with E-state index in [4.69, 9.17) is 0 Å². The van der Waals surface area contributed by atoms with E-state index < -0.39 is 0 Å². The van der Waals surface area contributed by atoms with Crippen LogP contribution in [0.1, 0.15) is 35.0 Å². The molecule has 0 aliphatic heterocycles. The van der Waals surface area contributed by atoms with E-state index in [2.05, 4.69) is 41.9 Å². The molecular weight excluding hydrogens is 376 g/mol. The zero-order valence-electron chi connectivity index (χ0n) is 16.5. The van der Waals surface area contributed by atoms with Crippen molar-refractivity contribution in [1.82, 2.24) is 4.57 Å². The largest absolute Gasteiger partial charge is 0.322 e. The van der Waals surface area contributed by atoms with Gasteiger partial charge in [-0.1, -0.05) is 55.8 Å². The molecule has 0 aliphatic carbocycles. The van der Waals surface area contributed by atoms with E-state index in [1.165, 1.54) is 29.7 Å². The summed E-state index contributed by atoms with van der Waals surface area (Å²) in [4.78, 5) is 13.8. The molecule has 0 saturated heterocycles. The maximum atomic E-state index is 13.1. The van der Waals surface area contributed by atoms with Crippen molar-refractivity contribution in [1.29, 1.82) is 0 Å². The monoisotopic (exact) mass is 400 g/mol. The van der Waals surface area contributed by atoms with Gasteiger partial charge in [0.1, 0.15) is 4.88 Å². The number of aryl methyl sites for hydroxylation is 1. The van der Waals surface area contributed by atoms with Crippen LogP contribution in [0.15, 0.2) is 84.5 Å². The van der Waals surface area contributed by atoms with Gasteiger partial charge in [0.2, 0.25) is 0 Å². The fourth-order valence-electron chi connectivity index (χ4n) is 3.40. The van der Waals surface area contributed by atoms with Crippen LogP contribution in [-0.2, 0) is 6.42 Å². The number of hydrogen-bond donors (Lipinski definition) is 1. The Kier molecular flexibility index (Phi) is 5.92. The second-order valence-electron chi connectivity index (χ2n) is 7.04. The van der Waals surface area contributed by atoms with Crippen LogP contribution < -0.4 is 5.32 Å². The highest BCUT2D eigenvalue weighted by Gasteiger charge is 2.20. The van der Waals surface area contributed by atoms with Gasteiger partial charge >= 0.3 is 0 Å². The molecule has 2 heterocycles. The van der Waals surface area contributed by atoms with Crippen molar-refractivity contribution in [2.24, 2.45) is 0 Å². The first-order valence-corrected chi connectivity index (χ1v) is 10.8. The molecule has 0 unspecified atom stereocenters. The third kappa shape index (κ3) is 4.33. The van der Waals surface area contributed by atoms with Gasteiger partial charge in [-0.05, 0) is 48.2 Å². The third-order valence-corrected chi connectivity index (χ3v) is 5.92. The summed E-state index contributed by atoms with van der Waals surface area (Å²) < 4.78 is 2.02. The number of rotatable bonds is 7. The van der Waals surface area contributed by atoms with Gasteiger partial charge < -0.3 is 9.88 Å². The number of nitrogens with one attached hydrogen (secondary N) is 1. The molecule has 4 aromatic rings. The van der Waals surface area contributed by atoms with Crippen LogP contribution in [0.4, 0.5) is 5.69 Å². The van der Waals surface area contributed by atoms with E-state index in [0.717, 1.165) is 28.9 Å². The Labute approximate surface area is 175 Å². The summed E-state index contributed by atoms with van der Waals surface area (Å²) in [5.41, 5.74) is 5.21. The van der Waals surface area contributed by atoms with Crippen LogP contribution in [-0.4, -0.2) is 10.5 Å². The third-order valence-electron chi connectivity index (χ3n) is 4.95. The lowest BCUT2D eigenvalue weighted by molar-refractivity contribution is 0.103. The first-order chi connectivity index (χ1) is 14.3. The first kappa shape index (κ1) is 19.2. The van der Waals surface area contributed by atoms with Gasteiger partial charge in [-0.2, -0.15) is 0 Å². The molecular formula is C25H24N2OS. The van der Waals surface area contributed by atoms with Crippen LogP contribution >= 0.6 is 11.3 Å². The van der Waals surface area contributed by atoms with Crippen LogP contribution in [0.2, 0.25) is 0 Å². The summed E-state index contributed by atoms with van der Waals surface area (Å²) in [5.74, 6) is -0.0813. The standard InChI is InChI=1S/C25H24N2OS/c1-2-3-9-19-12-14-21(15-13-19)26-25(28)24-23(27-16-7-8-17-27)22(18-29-24)20-10-5-4-6-11-20/h4-8,10-18H,2-3,9H2,1H3,(H,26,28). The molecule has 29 heavy (non-hydrogen) atoms. The maximum Gasteiger partial charge on any atom is 0.267 e. The number of hydrogen-bond acceptors (Lipinski definition) is 2. The van der Waals surface area contributed by atoms with E-state index in [1.54, 1.807) is 0 Å². The molecule has 1 amide bonds. The summed E-state index contributed by atoms with van der Waals surface area (Å²) in [7, 11) is 0. The molecule has 3 nitrogen and oxygen atoms in total. The van der Waals surface area contributed by atoms with Gasteiger partial charge in [0.25, 0.3) is 5.91 Å². The van der Waals surface area contributed by atoms with Gasteiger partial charge in [-0.3, -0.25) is 4.79 Å². The van der Waals surface area contributed by atoms with Gasteiger partial charge in [0.05, 0.1) is 5.69 Å². The van der Waals surface area contributed by atoms with E-state index in [1.807, 2.05) is 59.4 Å². The quantitative estimate of drug-likeness (QED) is 0.364. The lowest BCUT2D eigenvalue weighted by Crippen LogP contribution is -2.13. The molecule has 2 aromatic carbocycles. The summed E-state index contributed by atoms with van der Waals surface area (Å²) in [5, 5.41) is 5.13. The minimum Gasteiger partial charge on any atom is -0.322 e. The molecule has 1 N–H and O–H groups in total. The predicted octanol–water partition coefficient (Wildman–Crippen LogP) is 6.80. The SMILES string of the molecule is CCCCc1ccc(NC(=O)c2scc(-c3ccccc3)c2-n2cccc2)cc1. The van der Waals surface area contributed by atoms with E-state index >= 15 is 0 Å². The molecule has 0 spiro atoms. The normalized spacial score (nSPS) is 10.8. The lowest BCUT2D eigenvalue weighted by atomic mass is 10.1. The molecule has 0 atom stereocenters. The Bertz CT molecular complexity index is 1060. The Hall–Kier alpha value is -3.11. The molecule has 0 fully saturated rings. The van der Waals surface area contributed by atoms with E-state index in [9.17, 15) is 4.79 Å². The molecule has 0 bridgehead atoms. The number of thiophene rings is 1. The Morgan fingerprint density at radius 2 is 1.69 bits per heavy atom. The molecule has 146 valence electrons. The molecule has 0 saturated carbocycles. The molecule has 4 rings (SSSR count). The van der Waals surface area contributed by atoms with E-state index in [0.29, 0.717) is 4.88 Å².